The van der Waals surface area contributed by atoms with Crippen LogP contribution in [0.2, 0.25) is 0 Å². The van der Waals surface area contributed by atoms with Crippen molar-refractivity contribution in [2.45, 2.75) is 19.8 Å². The topological polar surface area (TPSA) is 64.3 Å². The van der Waals surface area contributed by atoms with Crippen LogP contribution in [-0.4, -0.2) is 24.1 Å². The number of amides is 1. The number of carbonyl (C=O) groups is 1. The minimum absolute atomic E-state index is 0.0834. The number of nitrogens with two attached hydrogens (primary N) is 1. The van der Waals surface area contributed by atoms with Gasteiger partial charge in [-0.2, -0.15) is 0 Å². The Kier molecular flexibility index (Phi) is 6.97. The summed E-state index contributed by atoms with van der Waals surface area (Å²) in [6, 6.07) is 5.32. The summed E-state index contributed by atoms with van der Waals surface area (Å²) in [6.07, 6.45) is 1.29. The van der Waals surface area contributed by atoms with Gasteiger partial charge in [-0.15, -0.1) is 0 Å². The van der Waals surface area contributed by atoms with E-state index in [9.17, 15) is 4.79 Å². The van der Waals surface area contributed by atoms with Gasteiger partial charge in [-0.25, -0.2) is 0 Å². The summed E-state index contributed by atoms with van der Waals surface area (Å²) >= 11 is 8.26. The van der Waals surface area contributed by atoms with E-state index in [4.69, 9.17) is 22.7 Å². The van der Waals surface area contributed by atoms with Gasteiger partial charge in [-0.1, -0.05) is 19.1 Å². The average Bonchev–Trinajstić information content (AvgIpc) is 2.37. The highest BCUT2D eigenvalue weighted by atomic mass is 79.9. The maximum Gasteiger partial charge on any atom is 0.226 e. The highest BCUT2D eigenvalue weighted by Gasteiger charge is 2.07. The van der Waals surface area contributed by atoms with Crippen LogP contribution in [0.15, 0.2) is 22.7 Å². The van der Waals surface area contributed by atoms with Crippen LogP contribution in [0.3, 0.4) is 0 Å². The van der Waals surface area contributed by atoms with Crippen LogP contribution in [0, 0.1) is 0 Å². The average molecular weight is 345 g/mol. The number of rotatable bonds is 7. The van der Waals surface area contributed by atoms with Crippen molar-refractivity contribution in [3.8, 4) is 0 Å². The molecule has 0 aromatic heterocycles. The third kappa shape index (κ3) is 5.67. The Hall–Kier alpha value is -0.980. The number of anilines is 1. The highest BCUT2D eigenvalue weighted by molar-refractivity contribution is 9.10. The van der Waals surface area contributed by atoms with Crippen LogP contribution in [-0.2, 0) is 9.53 Å². The van der Waals surface area contributed by atoms with Gasteiger partial charge in [0.2, 0.25) is 5.91 Å². The molecule has 0 unspecified atom stereocenters. The van der Waals surface area contributed by atoms with Gasteiger partial charge in [0.25, 0.3) is 0 Å². The molecule has 6 heteroatoms. The van der Waals surface area contributed by atoms with Crippen molar-refractivity contribution in [2.75, 3.05) is 18.5 Å². The Morgan fingerprint density at radius 3 is 2.79 bits per heavy atom. The van der Waals surface area contributed by atoms with Gasteiger partial charge in [0.05, 0.1) is 18.7 Å². The van der Waals surface area contributed by atoms with E-state index in [0.717, 1.165) is 16.5 Å². The van der Waals surface area contributed by atoms with E-state index in [0.29, 0.717) is 30.3 Å². The number of ether oxygens (including phenoxy) is 1. The fourth-order valence-corrected chi connectivity index (χ4v) is 2.00. The lowest BCUT2D eigenvalue weighted by molar-refractivity contribution is -0.117. The van der Waals surface area contributed by atoms with Crippen LogP contribution in [0.5, 0.6) is 0 Å². The zero-order chi connectivity index (χ0) is 14.3. The van der Waals surface area contributed by atoms with Gasteiger partial charge in [0.15, 0.2) is 0 Å². The molecule has 0 aliphatic carbocycles. The molecule has 1 aromatic rings. The summed E-state index contributed by atoms with van der Waals surface area (Å²) < 4.78 is 6.02. The third-order valence-corrected chi connectivity index (χ3v) is 3.24. The van der Waals surface area contributed by atoms with Crippen molar-refractivity contribution in [2.24, 2.45) is 5.73 Å². The second kappa shape index (κ2) is 8.24. The second-order valence-electron chi connectivity index (χ2n) is 3.97. The predicted molar refractivity (Wildman–Crippen MR) is 84.4 cm³/mol. The molecule has 0 aliphatic rings. The molecule has 1 aromatic carbocycles. The van der Waals surface area contributed by atoms with Crippen LogP contribution < -0.4 is 11.1 Å². The first kappa shape index (κ1) is 16.1. The molecule has 1 rings (SSSR count). The van der Waals surface area contributed by atoms with Crippen LogP contribution in [0.25, 0.3) is 0 Å². The molecule has 3 N–H and O–H groups in total. The van der Waals surface area contributed by atoms with E-state index >= 15 is 0 Å². The molecule has 0 aliphatic heterocycles. The van der Waals surface area contributed by atoms with Gasteiger partial charge < -0.3 is 15.8 Å². The third-order valence-electron chi connectivity index (χ3n) is 2.35. The molecule has 0 fully saturated rings. The lowest BCUT2D eigenvalue weighted by Crippen LogP contribution is -2.15. The summed E-state index contributed by atoms with van der Waals surface area (Å²) in [5.41, 5.74) is 6.99. The molecule has 0 bridgehead atoms. The minimum Gasteiger partial charge on any atom is -0.389 e. The second-order valence-corrected chi connectivity index (χ2v) is 5.26. The zero-order valence-corrected chi connectivity index (χ0v) is 13.1. The van der Waals surface area contributed by atoms with E-state index < -0.39 is 0 Å². The van der Waals surface area contributed by atoms with E-state index in [2.05, 4.69) is 21.2 Å². The first-order chi connectivity index (χ1) is 9.04. The fraction of sp³-hybridized carbons (Fsp3) is 0.385. The summed E-state index contributed by atoms with van der Waals surface area (Å²) in [5.74, 6) is -0.0834. The van der Waals surface area contributed by atoms with Crippen LogP contribution in [0.4, 0.5) is 5.69 Å². The zero-order valence-electron chi connectivity index (χ0n) is 10.7. The highest BCUT2D eigenvalue weighted by Crippen LogP contribution is 2.23. The normalized spacial score (nSPS) is 10.2. The van der Waals surface area contributed by atoms with Crippen molar-refractivity contribution in [1.29, 1.82) is 0 Å². The molecule has 0 saturated heterocycles. The van der Waals surface area contributed by atoms with E-state index in [1.807, 2.05) is 6.92 Å². The molecule has 0 saturated carbocycles. The van der Waals surface area contributed by atoms with Gasteiger partial charge in [0.1, 0.15) is 4.99 Å². The predicted octanol–water partition coefficient (Wildman–Crippen LogP) is 2.84. The Morgan fingerprint density at radius 2 is 2.21 bits per heavy atom. The van der Waals surface area contributed by atoms with Gasteiger partial charge in [-0.3, -0.25) is 4.79 Å². The molecule has 19 heavy (non-hydrogen) atoms. The van der Waals surface area contributed by atoms with Gasteiger partial charge in [-0.05, 0) is 40.5 Å². The number of thiocarbonyl (C=S) groups is 1. The molecular formula is C13H17BrN2O2S. The SMILES string of the molecule is CCCOCCC(=O)Nc1ccc(C(N)=S)cc1Br. The molecule has 0 atom stereocenters. The standard InChI is InChI=1S/C13H17BrN2O2S/c1-2-6-18-7-5-12(17)16-11-4-3-9(13(15)19)8-10(11)14/h3-4,8H,2,5-7H2,1H3,(H2,15,19)(H,16,17). The number of carbonyl (C=O) groups excluding carboxylic acids is 1. The summed E-state index contributed by atoms with van der Waals surface area (Å²) in [4.78, 5) is 12.0. The van der Waals surface area contributed by atoms with Crippen molar-refractivity contribution in [3.05, 3.63) is 28.2 Å². The first-order valence-corrected chi connectivity index (χ1v) is 7.21. The number of hydrogen-bond donors (Lipinski definition) is 2. The van der Waals surface area contributed by atoms with Crippen molar-refractivity contribution >= 4 is 44.7 Å². The van der Waals surface area contributed by atoms with Crippen LogP contribution in [0.1, 0.15) is 25.3 Å². The number of benzene rings is 1. The molecule has 0 heterocycles. The maximum atomic E-state index is 11.7. The molecule has 4 nitrogen and oxygen atoms in total. The lowest BCUT2D eigenvalue weighted by atomic mass is 10.2. The maximum absolute atomic E-state index is 11.7. The van der Waals surface area contributed by atoms with E-state index in [-0.39, 0.29) is 5.91 Å². The lowest BCUT2D eigenvalue weighted by Gasteiger charge is -2.09. The Morgan fingerprint density at radius 1 is 1.47 bits per heavy atom. The number of nitrogens with one attached hydrogen (secondary N) is 1. The Labute approximate surface area is 126 Å². The van der Waals surface area contributed by atoms with Crippen molar-refractivity contribution < 1.29 is 9.53 Å². The number of halogens is 1. The van der Waals surface area contributed by atoms with Crippen molar-refractivity contribution in [1.82, 2.24) is 0 Å². The van der Waals surface area contributed by atoms with E-state index in [1.165, 1.54) is 0 Å². The van der Waals surface area contributed by atoms with Gasteiger partial charge >= 0.3 is 0 Å². The quantitative estimate of drug-likeness (QED) is 0.589. The molecular weight excluding hydrogens is 328 g/mol. The minimum atomic E-state index is -0.0834. The van der Waals surface area contributed by atoms with Crippen molar-refractivity contribution in [3.63, 3.8) is 0 Å². The molecule has 104 valence electrons. The monoisotopic (exact) mass is 344 g/mol. The fourth-order valence-electron chi connectivity index (χ4n) is 1.39. The molecule has 0 spiro atoms. The smallest absolute Gasteiger partial charge is 0.226 e. The van der Waals surface area contributed by atoms with Gasteiger partial charge in [0, 0.05) is 16.6 Å². The Balaban J connectivity index is 2.52. The summed E-state index contributed by atoms with van der Waals surface area (Å²) in [6.45, 7) is 3.14. The molecule has 0 radical (unpaired) electrons. The first-order valence-electron chi connectivity index (χ1n) is 6.01. The summed E-state index contributed by atoms with van der Waals surface area (Å²) in [5, 5.41) is 2.80. The summed E-state index contributed by atoms with van der Waals surface area (Å²) in [7, 11) is 0. The Bertz CT molecular complexity index is 466. The largest absolute Gasteiger partial charge is 0.389 e. The number of hydrogen-bond acceptors (Lipinski definition) is 3. The molecule has 1 amide bonds. The van der Waals surface area contributed by atoms with E-state index in [1.54, 1.807) is 18.2 Å². The van der Waals surface area contributed by atoms with Crippen LogP contribution >= 0.6 is 28.1 Å².